The molecule has 5 aliphatic rings. The van der Waals surface area contributed by atoms with Crippen molar-refractivity contribution in [2.75, 3.05) is 0 Å². The third-order valence-electron chi connectivity index (χ3n) is 7.52. The van der Waals surface area contributed by atoms with E-state index in [1.807, 2.05) is 0 Å². The number of hydrogen-bond donors (Lipinski definition) is 2. The number of carbonyl (C=O) groups excluding carboxylic acids is 1. The molecule has 0 aromatic carbocycles. The van der Waals surface area contributed by atoms with Gasteiger partial charge in [-0.3, -0.25) is 9.59 Å². The van der Waals surface area contributed by atoms with Crippen molar-refractivity contribution >= 4 is 11.9 Å². The standard InChI is InChI=1S/C20H31NO3/c1-18-7-13-8-19(2,10-18)12-20(9-13,11-18)17(24)21-15-5-3-14(4-6-15)16(22)23/h13-15H,3-12H2,1-2H3,(H,21,24)(H,22,23). The van der Waals surface area contributed by atoms with Gasteiger partial charge < -0.3 is 10.4 Å². The van der Waals surface area contributed by atoms with E-state index in [0.29, 0.717) is 23.7 Å². The molecule has 4 heteroatoms. The summed E-state index contributed by atoms with van der Waals surface area (Å²) in [5.41, 5.74) is 0.561. The summed E-state index contributed by atoms with van der Waals surface area (Å²) in [5.74, 6) is 0.116. The molecule has 5 fully saturated rings. The number of carboxylic acid groups (broad SMARTS) is 1. The molecule has 5 saturated carbocycles. The highest BCUT2D eigenvalue weighted by Gasteiger charge is 2.62. The zero-order chi connectivity index (χ0) is 17.2. The molecule has 0 saturated heterocycles. The van der Waals surface area contributed by atoms with Gasteiger partial charge in [0.1, 0.15) is 0 Å². The van der Waals surface area contributed by atoms with Crippen molar-refractivity contribution in [2.45, 2.75) is 84.1 Å². The Kier molecular flexibility index (Phi) is 3.57. The van der Waals surface area contributed by atoms with Crippen LogP contribution in [0.1, 0.15) is 78.1 Å². The molecule has 0 spiro atoms. The number of carbonyl (C=O) groups is 2. The molecule has 5 aliphatic carbocycles. The van der Waals surface area contributed by atoms with Gasteiger partial charge in [-0.2, -0.15) is 0 Å². The summed E-state index contributed by atoms with van der Waals surface area (Å²) in [7, 11) is 0. The van der Waals surface area contributed by atoms with Gasteiger partial charge in [-0.15, -0.1) is 0 Å². The van der Waals surface area contributed by atoms with Gasteiger partial charge in [0.15, 0.2) is 0 Å². The summed E-state index contributed by atoms with van der Waals surface area (Å²) in [6.07, 6.45) is 10.1. The highest BCUT2D eigenvalue weighted by Crippen LogP contribution is 2.69. The van der Waals surface area contributed by atoms with E-state index in [-0.39, 0.29) is 23.3 Å². The van der Waals surface area contributed by atoms with E-state index in [1.54, 1.807) is 0 Å². The van der Waals surface area contributed by atoms with Gasteiger partial charge in [-0.1, -0.05) is 13.8 Å². The molecule has 5 rings (SSSR count). The molecule has 0 aromatic heterocycles. The molecule has 0 aliphatic heterocycles. The van der Waals surface area contributed by atoms with E-state index in [2.05, 4.69) is 19.2 Å². The van der Waals surface area contributed by atoms with Crippen LogP contribution in [0.25, 0.3) is 0 Å². The Morgan fingerprint density at radius 1 is 0.917 bits per heavy atom. The molecule has 134 valence electrons. The van der Waals surface area contributed by atoms with Crippen LogP contribution in [0.2, 0.25) is 0 Å². The topological polar surface area (TPSA) is 66.4 Å². The SMILES string of the molecule is CC12CC3CC(C)(C1)CC(C(=O)NC1CCC(C(=O)O)CC1)(C3)C2. The van der Waals surface area contributed by atoms with Crippen molar-refractivity contribution in [3.8, 4) is 0 Å². The van der Waals surface area contributed by atoms with E-state index in [0.717, 1.165) is 38.0 Å². The molecule has 2 atom stereocenters. The first-order valence-corrected chi connectivity index (χ1v) is 9.75. The molecule has 4 bridgehead atoms. The third kappa shape index (κ3) is 2.66. The maximum atomic E-state index is 13.2. The van der Waals surface area contributed by atoms with Crippen LogP contribution in [0.15, 0.2) is 0 Å². The molecule has 4 nitrogen and oxygen atoms in total. The second kappa shape index (κ2) is 5.22. The molecule has 0 aromatic rings. The van der Waals surface area contributed by atoms with E-state index < -0.39 is 5.97 Å². The molecule has 0 radical (unpaired) electrons. The first kappa shape index (κ1) is 16.4. The van der Waals surface area contributed by atoms with Gasteiger partial charge in [0.2, 0.25) is 5.91 Å². The van der Waals surface area contributed by atoms with Crippen LogP contribution in [0.4, 0.5) is 0 Å². The van der Waals surface area contributed by atoms with Gasteiger partial charge in [-0.25, -0.2) is 0 Å². The van der Waals surface area contributed by atoms with Gasteiger partial charge in [-0.05, 0) is 81.0 Å². The van der Waals surface area contributed by atoms with Crippen LogP contribution < -0.4 is 5.32 Å². The number of amides is 1. The number of rotatable bonds is 3. The van der Waals surface area contributed by atoms with E-state index in [4.69, 9.17) is 5.11 Å². The van der Waals surface area contributed by atoms with Gasteiger partial charge in [0.25, 0.3) is 0 Å². The highest BCUT2D eigenvalue weighted by molar-refractivity contribution is 5.83. The summed E-state index contributed by atoms with van der Waals surface area (Å²) in [5, 5.41) is 12.5. The lowest BCUT2D eigenvalue weighted by Crippen LogP contribution is -2.60. The average molecular weight is 333 g/mol. The largest absolute Gasteiger partial charge is 0.481 e. The third-order valence-corrected chi connectivity index (χ3v) is 7.52. The quantitative estimate of drug-likeness (QED) is 0.827. The van der Waals surface area contributed by atoms with Crippen LogP contribution in [0, 0.1) is 28.1 Å². The van der Waals surface area contributed by atoms with Gasteiger partial charge in [0, 0.05) is 6.04 Å². The average Bonchev–Trinajstić information content (AvgIpc) is 2.43. The lowest BCUT2D eigenvalue weighted by atomic mass is 9.40. The van der Waals surface area contributed by atoms with E-state index in [1.165, 1.54) is 19.3 Å². The van der Waals surface area contributed by atoms with Crippen LogP contribution >= 0.6 is 0 Å². The fraction of sp³-hybridized carbons (Fsp3) is 0.900. The zero-order valence-electron chi connectivity index (χ0n) is 15.1. The maximum absolute atomic E-state index is 13.2. The Bertz CT molecular complexity index is 545. The maximum Gasteiger partial charge on any atom is 0.306 e. The minimum Gasteiger partial charge on any atom is -0.481 e. The summed E-state index contributed by atoms with van der Waals surface area (Å²) >= 11 is 0. The number of nitrogens with one attached hydrogen (secondary N) is 1. The monoisotopic (exact) mass is 333 g/mol. The molecule has 24 heavy (non-hydrogen) atoms. The summed E-state index contributed by atoms with van der Waals surface area (Å²) < 4.78 is 0. The number of hydrogen-bond acceptors (Lipinski definition) is 2. The smallest absolute Gasteiger partial charge is 0.306 e. The molecule has 1 amide bonds. The van der Waals surface area contributed by atoms with Crippen molar-refractivity contribution in [3.05, 3.63) is 0 Å². The van der Waals surface area contributed by atoms with Gasteiger partial charge in [0.05, 0.1) is 11.3 Å². The van der Waals surface area contributed by atoms with Crippen molar-refractivity contribution in [1.82, 2.24) is 5.32 Å². The predicted octanol–water partition coefficient (Wildman–Crippen LogP) is 3.74. The van der Waals surface area contributed by atoms with Crippen LogP contribution in [-0.4, -0.2) is 23.0 Å². The fourth-order valence-electron chi connectivity index (χ4n) is 7.52. The Labute approximate surface area is 144 Å². The minimum absolute atomic E-state index is 0.146. The molecule has 0 heterocycles. The summed E-state index contributed by atoms with van der Waals surface area (Å²) in [6.45, 7) is 4.80. The molecule has 2 N–H and O–H groups in total. The van der Waals surface area contributed by atoms with Crippen LogP contribution in [0.3, 0.4) is 0 Å². The first-order chi connectivity index (χ1) is 11.2. The second-order valence-electron chi connectivity index (χ2n) is 10.3. The lowest BCUT2D eigenvalue weighted by Gasteiger charge is -2.64. The molecule has 2 unspecified atom stereocenters. The Balaban J connectivity index is 1.44. The van der Waals surface area contributed by atoms with Crippen molar-refractivity contribution in [1.29, 1.82) is 0 Å². The lowest BCUT2D eigenvalue weighted by molar-refractivity contribution is -0.171. The molecular weight excluding hydrogens is 302 g/mol. The van der Waals surface area contributed by atoms with Crippen molar-refractivity contribution in [2.24, 2.45) is 28.1 Å². The fourth-order valence-corrected chi connectivity index (χ4v) is 7.52. The normalized spacial score (nSPS) is 49.8. The first-order valence-electron chi connectivity index (χ1n) is 9.75. The molecular formula is C20H31NO3. The summed E-state index contributed by atoms with van der Waals surface area (Å²) in [6, 6.07) is 0.182. The van der Waals surface area contributed by atoms with Crippen LogP contribution in [0.5, 0.6) is 0 Å². The van der Waals surface area contributed by atoms with E-state index >= 15 is 0 Å². The zero-order valence-corrected chi connectivity index (χ0v) is 15.1. The van der Waals surface area contributed by atoms with Crippen molar-refractivity contribution < 1.29 is 14.7 Å². The van der Waals surface area contributed by atoms with Gasteiger partial charge >= 0.3 is 5.97 Å². The Morgan fingerprint density at radius 3 is 2.00 bits per heavy atom. The predicted molar refractivity (Wildman–Crippen MR) is 91.4 cm³/mol. The highest BCUT2D eigenvalue weighted by atomic mass is 16.4. The summed E-state index contributed by atoms with van der Waals surface area (Å²) in [4.78, 5) is 24.3. The number of aliphatic carboxylic acids is 1. The Morgan fingerprint density at radius 2 is 1.50 bits per heavy atom. The van der Waals surface area contributed by atoms with Crippen LogP contribution in [-0.2, 0) is 9.59 Å². The van der Waals surface area contributed by atoms with E-state index in [9.17, 15) is 9.59 Å². The number of carboxylic acids is 1. The van der Waals surface area contributed by atoms with Crippen molar-refractivity contribution in [3.63, 3.8) is 0 Å². The Hall–Kier alpha value is -1.06. The second-order valence-corrected chi connectivity index (χ2v) is 10.3. The minimum atomic E-state index is -0.679.